The molecular weight excluding hydrogens is 269 g/mol. The predicted molar refractivity (Wildman–Crippen MR) is 75.4 cm³/mol. The first-order chi connectivity index (χ1) is 8.61. The second-order valence-electron chi connectivity index (χ2n) is 4.26. The highest BCUT2D eigenvalue weighted by Gasteiger charge is 2.16. The van der Waals surface area contributed by atoms with Crippen molar-refractivity contribution < 1.29 is 4.42 Å². The van der Waals surface area contributed by atoms with Gasteiger partial charge in [-0.15, -0.1) is 0 Å². The number of furan rings is 1. The maximum Gasteiger partial charge on any atom is 0.123 e. The number of benzene rings is 1. The Morgan fingerprint density at radius 3 is 2.56 bits per heavy atom. The molecule has 0 amide bonds. The van der Waals surface area contributed by atoms with Crippen LogP contribution in [0.1, 0.15) is 22.9 Å². The van der Waals surface area contributed by atoms with Crippen molar-refractivity contribution in [1.82, 2.24) is 5.32 Å². The standard InChI is InChI=1S/C14H15Cl2NO/c1-9-5-6-18-14(9)13(17-2)8-10-3-4-11(15)12(16)7-10/h3-7,13,17H,8H2,1-2H3. The van der Waals surface area contributed by atoms with E-state index >= 15 is 0 Å². The molecular formula is C14H15Cl2NO. The van der Waals surface area contributed by atoms with Gasteiger partial charge in [0.1, 0.15) is 5.76 Å². The zero-order valence-electron chi connectivity index (χ0n) is 10.3. The van der Waals surface area contributed by atoms with Crippen LogP contribution in [-0.4, -0.2) is 7.05 Å². The molecule has 0 spiro atoms. The van der Waals surface area contributed by atoms with Crippen LogP contribution >= 0.6 is 23.2 Å². The Bertz CT molecular complexity index is 536. The third-order valence-corrected chi connectivity index (χ3v) is 3.73. The Balaban J connectivity index is 2.20. The van der Waals surface area contributed by atoms with Gasteiger partial charge < -0.3 is 9.73 Å². The van der Waals surface area contributed by atoms with E-state index in [0.717, 1.165) is 23.3 Å². The smallest absolute Gasteiger partial charge is 0.123 e. The summed E-state index contributed by atoms with van der Waals surface area (Å²) in [7, 11) is 1.92. The van der Waals surface area contributed by atoms with Gasteiger partial charge in [0.25, 0.3) is 0 Å². The van der Waals surface area contributed by atoms with Gasteiger partial charge in [-0.05, 0) is 49.7 Å². The van der Waals surface area contributed by atoms with E-state index in [1.165, 1.54) is 0 Å². The van der Waals surface area contributed by atoms with Crippen molar-refractivity contribution in [1.29, 1.82) is 0 Å². The number of rotatable bonds is 4. The van der Waals surface area contributed by atoms with E-state index in [9.17, 15) is 0 Å². The van der Waals surface area contributed by atoms with Gasteiger partial charge >= 0.3 is 0 Å². The first-order valence-corrected chi connectivity index (χ1v) is 6.52. The average molecular weight is 284 g/mol. The van der Waals surface area contributed by atoms with Crippen LogP contribution in [0.2, 0.25) is 10.0 Å². The van der Waals surface area contributed by atoms with E-state index in [1.807, 2.05) is 38.2 Å². The first-order valence-electron chi connectivity index (χ1n) is 5.77. The van der Waals surface area contributed by atoms with Gasteiger partial charge in [0.2, 0.25) is 0 Å². The van der Waals surface area contributed by atoms with E-state index in [-0.39, 0.29) is 6.04 Å². The third kappa shape index (κ3) is 2.89. The normalized spacial score (nSPS) is 12.7. The van der Waals surface area contributed by atoms with Crippen molar-refractivity contribution in [2.45, 2.75) is 19.4 Å². The second kappa shape index (κ2) is 5.79. The zero-order valence-corrected chi connectivity index (χ0v) is 11.8. The van der Waals surface area contributed by atoms with Crippen LogP contribution in [0.4, 0.5) is 0 Å². The number of likely N-dealkylation sites (N-methyl/N-ethyl adjacent to an activating group) is 1. The van der Waals surface area contributed by atoms with Crippen LogP contribution in [0.25, 0.3) is 0 Å². The maximum absolute atomic E-state index is 6.02. The molecule has 0 fully saturated rings. The van der Waals surface area contributed by atoms with Gasteiger partial charge in [0, 0.05) is 0 Å². The van der Waals surface area contributed by atoms with Crippen molar-refractivity contribution in [3.63, 3.8) is 0 Å². The van der Waals surface area contributed by atoms with Gasteiger partial charge in [-0.25, -0.2) is 0 Å². The number of nitrogens with one attached hydrogen (secondary N) is 1. The minimum Gasteiger partial charge on any atom is -0.467 e. The number of hydrogen-bond acceptors (Lipinski definition) is 2. The maximum atomic E-state index is 6.02. The molecule has 2 rings (SSSR count). The molecule has 1 unspecified atom stereocenters. The first kappa shape index (κ1) is 13.5. The Morgan fingerprint density at radius 1 is 1.22 bits per heavy atom. The summed E-state index contributed by atoms with van der Waals surface area (Å²) in [6, 6.07) is 7.80. The number of aryl methyl sites for hydroxylation is 1. The van der Waals surface area contributed by atoms with Crippen molar-refractivity contribution >= 4 is 23.2 Å². The molecule has 1 atom stereocenters. The summed E-state index contributed by atoms with van der Waals surface area (Å²) >= 11 is 11.9. The van der Waals surface area contributed by atoms with Gasteiger partial charge in [-0.2, -0.15) is 0 Å². The Kier molecular flexibility index (Phi) is 4.33. The molecule has 0 aliphatic rings. The Morgan fingerprint density at radius 2 is 2.00 bits per heavy atom. The van der Waals surface area contributed by atoms with Crippen LogP contribution in [0.5, 0.6) is 0 Å². The highest BCUT2D eigenvalue weighted by molar-refractivity contribution is 6.42. The average Bonchev–Trinajstić information content (AvgIpc) is 2.77. The molecule has 0 saturated heterocycles. The second-order valence-corrected chi connectivity index (χ2v) is 5.08. The molecule has 0 bridgehead atoms. The minimum absolute atomic E-state index is 0.136. The lowest BCUT2D eigenvalue weighted by molar-refractivity contribution is 0.426. The van der Waals surface area contributed by atoms with E-state index < -0.39 is 0 Å². The topological polar surface area (TPSA) is 25.2 Å². The van der Waals surface area contributed by atoms with Crippen molar-refractivity contribution in [3.05, 3.63) is 57.5 Å². The highest BCUT2D eigenvalue weighted by Crippen LogP contribution is 2.27. The van der Waals surface area contributed by atoms with E-state index in [4.69, 9.17) is 27.6 Å². The highest BCUT2D eigenvalue weighted by atomic mass is 35.5. The molecule has 1 N–H and O–H groups in total. The largest absolute Gasteiger partial charge is 0.467 e. The summed E-state index contributed by atoms with van der Waals surface area (Å²) in [4.78, 5) is 0. The third-order valence-electron chi connectivity index (χ3n) is 2.99. The van der Waals surface area contributed by atoms with Crippen LogP contribution < -0.4 is 5.32 Å². The van der Waals surface area contributed by atoms with E-state index in [0.29, 0.717) is 10.0 Å². The van der Waals surface area contributed by atoms with Crippen molar-refractivity contribution in [2.24, 2.45) is 0 Å². The van der Waals surface area contributed by atoms with Crippen LogP contribution in [0, 0.1) is 6.92 Å². The van der Waals surface area contributed by atoms with Gasteiger partial charge in [0.15, 0.2) is 0 Å². The lowest BCUT2D eigenvalue weighted by Crippen LogP contribution is -2.19. The summed E-state index contributed by atoms with van der Waals surface area (Å²) in [6.45, 7) is 2.04. The summed E-state index contributed by atoms with van der Waals surface area (Å²) in [5.74, 6) is 0.962. The SMILES string of the molecule is CNC(Cc1ccc(Cl)c(Cl)c1)c1occc1C. The molecule has 1 aromatic heterocycles. The molecule has 18 heavy (non-hydrogen) atoms. The quantitative estimate of drug-likeness (QED) is 0.900. The fourth-order valence-electron chi connectivity index (χ4n) is 1.97. The summed E-state index contributed by atoms with van der Waals surface area (Å²) in [6.07, 6.45) is 2.52. The van der Waals surface area contributed by atoms with Gasteiger partial charge in [-0.3, -0.25) is 0 Å². The molecule has 2 nitrogen and oxygen atoms in total. The molecule has 96 valence electrons. The molecule has 2 aromatic rings. The van der Waals surface area contributed by atoms with E-state index in [1.54, 1.807) is 6.26 Å². The Labute approximate surface area is 117 Å². The van der Waals surface area contributed by atoms with Crippen LogP contribution in [0.15, 0.2) is 34.9 Å². The number of hydrogen-bond donors (Lipinski definition) is 1. The molecule has 1 aromatic carbocycles. The summed E-state index contributed by atoms with van der Waals surface area (Å²) < 4.78 is 5.52. The molecule has 0 aliphatic heterocycles. The van der Waals surface area contributed by atoms with Crippen LogP contribution in [-0.2, 0) is 6.42 Å². The molecule has 0 aliphatic carbocycles. The molecule has 1 heterocycles. The zero-order chi connectivity index (χ0) is 13.1. The van der Waals surface area contributed by atoms with Crippen molar-refractivity contribution in [2.75, 3.05) is 7.05 Å². The summed E-state index contributed by atoms with van der Waals surface area (Å²) in [5, 5.41) is 4.42. The number of halogens is 2. The van der Waals surface area contributed by atoms with Gasteiger partial charge in [-0.1, -0.05) is 29.3 Å². The van der Waals surface area contributed by atoms with Crippen molar-refractivity contribution in [3.8, 4) is 0 Å². The molecule has 0 radical (unpaired) electrons. The fourth-order valence-corrected chi connectivity index (χ4v) is 2.29. The monoisotopic (exact) mass is 283 g/mol. The summed E-state index contributed by atoms with van der Waals surface area (Å²) in [5.41, 5.74) is 2.27. The predicted octanol–water partition coefficient (Wildman–Crippen LogP) is 4.40. The van der Waals surface area contributed by atoms with E-state index in [2.05, 4.69) is 5.32 Å². The minimum atomic E-state index is 0.136. The lowest BCUT2D eigenvalue weighted by atomic mass is 10.0. The van der Waals surface area contributed by atoms with Gasteiger partial charge in [0.05, 0.1) is 22.4 Å². The fraction of sp³-hybridized carbons (Fsp3) is 0.286. The molecule has 4 heteroatoms. The lowest BCUT2D eigenvalue weighted by Gasteiger charge is -2.15. The van der Waals surface area contributed by atoms with Crippen LogP contribution in [0.3, 0.4) is 0 Å². The molecule has 0 saturated carbocycles. The Hall–Kier alpha value is -0.960.